The predicted molar refractivity (Wildman–Crippen MR) is 160 cm³/mol. The molecule has 40 heavy (non-hydrogen) atoms. The molecule has 210 valence electrons. The molecule has 0 unspecified atom stereocenters. The number of nitrogens with zero attached hydrogens (tertiary/aromatic N) is 1. The highest BCUT2D eigenvalue weighted by Crippen LogP contribution is 2.44. The van der Waals surface area contributed by atoms with Crippen LogP contribution in [0.1, 0.15) is 57.1 Å². The first-order valence-electron chi connectivity index (χ1n) is 14.1. The van der Waals surface area contributed by atoms with E-state index in [9.17, 15) is 9.59 Å². The molecule has 0 bridgehead atoms. The lowest BCUT2D eigenvalue weighted by Crippen LogP contribution is -2.45. The van der Waals surface area contributed by atoms with E-state index in [2.05, 4.69) is 41.7 Å². The van der Waals surface area contributed by atoms with Crippen LogP contribution in [0.2, 0.25) is 0 Å². The van der Waals surface area contributed by atoms with E-state index in [1.165, 1.54) is 22.3 Å². The number of nitrogens with one attached hydrogen (secondary N) is 1. The van der Waals surface area contributed by atoms with E-state index in [1.807, 2.05) is 68.1 Å². The normalized spacial score (nSPS) is 17.2. The zero-order valence-electron chi connectivity index (χ0n) is 23.5. The molecule has 5 rings (SSSR count). The Hall–Kier alpha value is -3.45. The van der Waals surface area contributed by atoms with Crippen molar-refractivity contribution in [2.24, 2.45) is 0 Å². The van der Waals surface area contributed by atoms with Crippen molar-refractivity contribution >= 4 is 23.9 Å². The Morgan fingerprint density at radius 2 is 1.57 bits per heavy atom. The molecule has 1 N–H and O–H groups in total. The number of rotatable bonds is 8. The van der Waals surface area contributed by atoms with Crippen LogP contribution in [-0.4, -0.2) is 53.7 Å². The Morgan fingerprint density at radius 3 is 2.23 bits per heavy atom. The van der Waals surface area contributed by atoms with Gasteiger partial charge in [-0.05, 0) is 74.4 Å². The molecule has 1 saturated heterocycles. The van der Waals surface area contributed by atoms with Crippen LogP contribution in [0.5, 0.6) is 0 Å². The topological polar surface area (TPSA) is 67.9 Å². The molecule has 0 aromatic heterocycles. The Labute approximate surface area is 241 Å². The van der Waals surface area contributed by atoms with Crippen LogP contribution in [0.15, 0.2) is 83.8 Å². The van der Waals surface area contributed by atoms with Crippen molar-refractivity contribution in [2.45, 2.75) is 68.5 Å². The number of thioether (sulfide) groups is 1. The van der Waals surface area contributed by atoms with Gasteiger partial charge in [0.15, 0.2) is 0 Å². The van der Waals surface area contributed by atoms with Gasteiger partial charge in [-0.15, -0.1) is 11.8 Å². The smallest absolute Gasteiger partial charge is 0.410 e. The highest BCUT2D eigenvalue weighted by atomic mass is 32.2. The maximum absolute atomic E-state index is 13.2. The number of alkyl carbamates (subject to hydrolysis) is 1. The van der Waals surface area contributed by atoms with Crippen molar-refractivity contribution in [1.29, 1.82) is 0 Å². The lowest BCUT2D eigenvalue weighted by atomic mass is 9.98. The van der Waals surface area contributed by atoms with Crippen molar-refractivity contribution in [3.8, 4) is 11.1 Å². The molecule has 1 heterocycles. The van der Waals surface area contributed by atoms with Gasteiger partial charge in [0.1, 0.15) is 12.2 Å². The Bertz CT molecular complexity index is 1280. The summed E-state index contributed by atoms with van der Waals surface area (Å²) in [5.74, 6) is 0.681. The van der Waals surface area contributed by atoms with E-state index in [4.69, 9.17) is 9.47 Å². The highest BCUT2D eigenvalue weighted by Gasteiger charge is 2.34. The average molecular weight is 559 g/mol. The SMILES string of the molecule is CC(C)(C)OC(=O)N1CCC[C@@H]1C[C@H](CSc1ccccc1)NC(=O)OCC1c2ccccc2-c2ccccc21. The minimum atomic E-state index is -0.549. The van der Waals surface area contributed by atoms with Crippen LogP contribution in [0.4, 0.5) is 9.59 Å². The largest absolute Gasteiger partial charge is 0.449 e. The van der Waals surface area contributed by atoms with Crippen LogP contribution in [-0.2, 0) is 9.47 Å². The molecule has 1 fully saturated rings. The summed E-state index contributed by atoms with van der Waals surface area (Å²) in [5.41, 5.74) is 4.23. The lowest BCUT2D eigenvalue weighted by Gasteiger charge is -2.31. The molecule has 1 aliphatic heterocycles. The molecule has 6 nitrogen and oxygen atoms in total. The minimum absolute atomic E-state index is 0.00473. The number of amides is 2. The number of carbonyl (C=O) groups excluding carboxylic acids is 2. The number of hydrogen-bond donors (Lipinski definition) is 1. The first-order valence-corrected chi connectivity index (χ1v) is 15.1. The molecule has 1 aliphatic carbocycles. The summed E-state index contributed by atoms with van der Waals surface area (Å²) in [6.07, 6.45) is 1.74. The van der Waals surface area contributed by atoms with Gasteiger partial charge in [0.25, 0.3) is 0 Å². The van der Waals surface area contributed by atoms with Gasteiger partial charge in [-0.3, -0.25) is 0 Å². The fourth-order valence-electron chi connectivity index (χ4n) is 5.66. The third kappa shape index (κ3) is 6.81. The van der Waals surface area contributed by atoms with E-state index < -0.39 is 11.7 Å². The van der Waals surface area contributed by atoms with Gasteiger partial charge in [-0.2, -0.15) is 0 Å². The third-order valence-electron chi connectivity index (χ3n) is 7.42. The molecule has 0 radical (unpaired) electrons. The first kappa shape index (κ1) is 28.1. The maximum atomic E-state index is 13.2. The van der Waals surface area contributed by atoms with Crippen LogP contribution < -0.4 is 5.32 Å². The lowest BCUT2D eigenvalue weighted by molar-refractivity contribution is 0.0215. The molecular weight excluding hydrogens is 520 g/mol. The summed E-state index contributed by atoms with van der Waals surface area (Å²) in [6, 6.07) is 26.6. The summed E-state index contributed by atoms with van der Waals surface area (Å²) in [6.45, 7) is 6.59. The van der Waals surface area contributed by atoms with E-state index in [-0.39, 0.29) is 30.7 Å². The van der Waals surface area contributed by atoms with Gasteiger partial charge in [-0.25, -0.2) is 9.59 Å². The zero-order chi connectivity index (χ0) is 28.1. The average Bonchev–Trinajstić information content (AvgIpc) is 3.53. The molecule has 2 amide bonds. The van der Waals surface area contributed by atoms with Gasteiger partial charge >= 0.3 is 12.2 Å². The van der Waals surface area contributed by atoms with E-state index >= 15 is 0 Å². The fourth-order valence-corrected chi connectivity index (χ4v) is 6.62. The van der Waals surface area contributed by atoms with Crippen LogP contribution in [0.25, 0.3) is 11.1 Å². The highest BCUT2D eigenvalue weighted by molar-refractivity contribution is 7.99. The van der Waals surface area contributed by atoms with Crippen LogP contribution >= 0.6 is 11.8 Å². The summed E-state index contributed by atoms with van der Waals surface area (Å²) < 4.78 is 11.5. The standard InChI is InChI=1S/C33H38N2O4S/c1-33(2,3)39-32(37)35-19-11-12-24(35)20-23(22-40-25-13-5-4-6-14-25)34-31(36)38-21-30-28-17-9-7-15-26(28)27-16-8-10-18-29(27)30/h4-10,13-18,23-24,30H,11-12,19-22H2,1-3H3,(H,34,36)/t23-,24-/m1/s1. The van der Waals surface area contributed by atoms with Crippen LogP contribution in [0, 0.1) is 0 Å². The Kier molecular flexibility index (Phi) is 8.69. The van der Waals surface area contributed by atoms with Crippen molar-refractivity contribution in [2.75, 3.05) is 18.9 Å². The third-order valence-corrected chi connectivity index (χ3v) is 8.60. The minimum Gasteiger partial charge on any atom is -0.449 e. The first-order chi connectivity index (χ1) is 19.3. The van der Waals surface area contributed by atoms with Crippen molar-refractivity contribution in [1.82, 2.24) is 10.2 Å². The van der Waals surface area contributed by atoms with Gasteiger partial charge in [0.2, 0.25) is 0 Å². The summed E-state index contributed by atoms with van der Waals surface area (Å²) in [5, 5.41) is 3.13. The molecule has 0 saturated carbocycles. The molecule has 3 aromatic carbocycles. The second-order valence-electron chi connectivity index (χ2n) is 11.5. The molecule has 3 aromatic rings. The molecule has 0 spiro atoms. The van der Waals surface area contributed by atoms with Crippen molar-refractivity contribution in [3.63, 3.8) is 0 Å². The van der Waals surface area contributed by atoms with Gasteiger partial charge in [0, 0.05) is 35.2 Å². The van der Waals surface area contributed by atoms with Crippen LogP contribution in [0.3, 0.4) is 0 Å². The number of fused-ring (bicyclic) bond motifs is 3. The predicted octanol–water partition coefficient (Wildman–Crippen LogP) is 7.48. The number of benzene rings is 3. The van der Waals surface area contributed by atoms with Gasteiger partial charge < -0.3 is 19.7 Å². The number of likely N-dealkylation sites (tertiary alicyclic amines) is 1. The van der Waals surface area contributed by atoms with Crippen molar-refractivity contribution < 1.29 is 19.1 Å². The fraction of sp³-hybridized carbons (Fsp3) is 0.394. The summed E-state index contributed by atoms with van der Waals surface area (Å²) in [7, 11) is 0. The summed E-state index contributed by atoms with van der Waals surface area (Å²) in [4.78, 5) is 29.0. The van der Waals surface area contributed by atoms with Crippen molar-refractivity contribution in [3.05, 3.63) is 90.0 Å². The number of ether oxygens (including phenoxy) is 2. The van der Waals surface area contributed by atoms with E-state index in [1.54, 1.807) is 11.8 Å². The van der Waals surface area contributed by atoms with E-state index in [0.29, 0.717) is 18.7 Å². The zero-order valence-corrected chi connectivity index (χ0v) is 24.3. The molecule has 2 aliphatic rings. The number of carbonyl (C=O) groups is 2. The monoisotopic (exact) mass is 558 g/mol. The molecule has 2 atom stereocenters. The molecule has 7 heteroatoms. The Morgan fingerprint density at radius 1 is 0.950 bits per heavy atom. The summed E-state index contributed by atoms with van der Waals surface area (Å²) >= 11 is 1.69. The van der Waals surface area contributed by atoms with Gasteiger partial charge in [-0.1, -0.05) is 66.7 Å². The maximum Gasteiger partial charge on any atom is 0.410 e. The molecular formula is C33H38N2O4S. The van der Waals surface area contributed by atoms with Gasteiger partial charge in [0.05, 0.1) is 0 Å². The second-order valence-corrected chi connectivity index (χ2v) is 12.6. The number of hydrogen-bond acceptors (Lipinski definition) is 5. The second kappa shape index (κ2) is 12.4. The Balaban J connectivity index is 1.25. The van der Waals surface area contributed by atoms with E-state index in [0.717, 1.165) is 17.7 Å². The quantitative estimate of drug-likeness (QED) is 0.290.